The van der Waals surface area contributed by atoms with Gasteiger partial charge < -0.3 is 9.73 Å². The van der Waals surface area contributed by atoms with Gasteiger partial charge in [-0.25, -0.2) is 4.98 Å². The van der Waals surface area contributed by atoms with Crippen molar-refractivity contribution in [1.82, 2.24) is 4.98 Å². The molecule has 0 atom stereocenters. The molecule has 32 heavy (non-hydrogen) atoms. The van der Waals surface area contributed by atoms with Crippen LogP contribution in [0.2, 0.25) is 0 Å². The molecule has 0 aliphatic heterocycles. The summed E-state index contributed by atoms with van der Waals surface area (Å²) in [4.78, 5) is 40.4. The van der Waals surface area contributed by atoms with E-state index in [4.69, 9.17) is 4.42 Å². The fourth-order valence-electron chi connectivity index (χ4n) is 2.93. The number of nitrogens with zero attached hydrogens (tertiary/aromatic N) is 2. The predicted octanol–water partition coefficient (Wildman–Crippen LogP) is 5.49. The summed E-state index contributed by atoms with van der Waals surface area (Å²) in [6.45, 7) is 3.44. The number of nitro groups is 1. The third kappa shape index (κ3) is 4.43. The maximum absolute atomic E-state index is 12.7. The van der Waals surface area contributed by atoms with Crippen LogP contribution in [0.25, 0.3) is 11.3 Å². The topological polar surface area (TPSA) is 127 Å². The summed E-state index contributed by atoms with van der Waals surface area (Å²) in [5.41, 5.74) is 2.40. The van der Waals surface area contributed by atoms with Gasteiger partial charge in [-0.2, -0.15) is 0 Å². The quantitative estimate of drug-likeness (QED) is 0.284. The number of aryl methyl sites for hydroxylation is 2. The highest BCUT2D eigenvalue weighted by molar-refractivity contribution is 7.18. The van der Waals surface area contributed by atoms with Crippen LogP contribution in [0, 0.1) is 24.0 Å². The highest BCUT2D eigenvalue weighted by Gasteiger charge is 2.19. The number of carbonyl (C=O) groups excluding carboxylic acids is 2. The monoisotopic (exact) mass is 468 g/mol. The molecule has 0 spiro atoms. The Kier molecular flexibility index (Phi) is 5.84. The molecule has 2 N–H and O–H groups in total. The standard InChI is InChI=1S/C21H16N4O5S2/c1-11-5-6-13(9-15(11)25(28)29)14-10-31-21(22-14)24-20(27)18-12(2)8-17(32-18)23-19(26)16-4-3-7-30-16/h3-10H,1-2H3,(H,23,26)(H,22,24,27). The van der Waals surface area contributed by atoms with Crippen molar-refractivity contribution in [2.45, 2.75) is 13.8 Å². The zero-order valence-electron chi connectivity index (χ0n) is 16.9. The van der Waals surface area contributed by atoms with Crippen molar-refractivity contribution in [1.29, 1.82) is 0 Å². The number of aromatic nitrogens is 1. The van der Waals surface area contributed by atoms with Gasteiger partial charge in [0, 0.05) is 22.6 Å². The van der Waals surface area contributed by atoms with Crippen LogP contribution in [0.5, 0.6) is 0 Å². The van der Waals surface area contributed by atoms with Crippen molar-refractivity contribution in [3.8, 4) is 11.3 Å². The molecule has 3 aromatic heterocycles. The van der Waals surface area contributed by atoms with E-state index in [1.54, 1.807) is 49.6 Å². The first-order valence-corrected chi connectivity index (χ1v) is 11.0. The van der Waals surface area contributed by atoms with Gasteiger partial charge in [0.2, 0.25) is 0 Å². The molecule has 0 unspecified atom stereocenters. The number of thiazole rings is 1. The average Bonchev–Trinajstić information content (AvgIpc) is 3.49. The Bertz CT molecular complexity index is 1320. The molecule has 0 bridgehead atoms. The van der Waals surface area contributed by atoms with E-state index in [1.807, 2.05) is 0 Å². The van der Waals surface area contributed by atoms with E-state index < -0.39 is 10.8 Å². The van der Waals surface area contributed by atoms with Gasteiger partial charge in [-0.3, -0.25) is 25.0 Å². The van der Waals surface area contributed by atoms with E-state index >= 15 is 0 Å². The van der Waals surface area contributed by atoms with Crippen LogP contribution < -0.4 is 10.6 Å². The van der Waals surface area contributed by atoms with Gasteiger partial charge in [0.15, 0.2) is 10.9 Å². The number of anilines is 2. The molecule has 4 rings (SSSR count). The Labute approximate surface area is 189 Å². The summed E-state index contributed by atoms with van der Waals surface area (Å²) in [6, 6.07) is 9.75. The van der Waals surface area contributed by atoms with Crippen molar-refractivity contribution in [3.05, 3.63) is 79.9 Å². The third-order valence-corrected chi connectivity index (χ3v) is 6.44. The predicted molar refractivity (Wildman–Crippen MR) is 123 cm³/mol. The van der Waals surface area contributed by atoms with Crippen LogP contribution in [-0.4, -0.2) is 21.7 Å². The number of thiophene rings is 1. The second-order valence-electron chi connectivity index (χ2n) is 6.80. The molecule has 0 aliphatic carbocycles. The number of furan rings is 1. The summed E-state index contributed by atoms with van der Waals surface area (Å²) in [7, 11) is 0. The fraction of sp³-hybridized carbons (Fsp3) is 0.0952. The first kappa shape index (κ1) is 21.4. The molecule has 0 fully saturated rings. The summed E-state index contributed by atoms with van der Waals surface area (Å²) in [5.74, 6) is -0.588. The number of hydrogen-bond donors (Lipinski definition) is 2. The number of nitrogens with one attached hydrogen (secondary N) is 2. The molecule has 9 nitrogen and oxygen atoms in total. The van der Waals surface area contributed by atoms with Gasteiger partial charge in [0.25, 0.3) is 17.5 Å². The van der Waals surface area contributed by atoms with Gasteiger partial charge in [-0.15, -0.1) is 22.7 Å². The molecule has 0 saturated carbocycles. The number of hydrogen-bond acceptors (Lipinski definition) is 8. The SMILES string of the molecule is Cc1ccc(-c2csc(NC(=O)c3sc(NC(=O)c4ccco4)cc3C)n2)cc1[N+](=O)[O-]. The van der Waals surface area contributed by atoms with Crippen molar-refractivity contribution in [2.24, 2.45) is 0 Å². The fourth-order valence-corrected chi connectivity index (χ4v) is 4.61. The van der Waals surface area contributed by atoms with Crippen LogP contribution >= 0.6 is 22.7 Å². The lowest BCUT2D eigenvalue weighted by atomic mass is 10.1. The van der Waals surface area contributed by atoms with E-state index in [2.05, 4.69) is 15.6 Å². The Hall–Kier alpha value is -3.83. The molecule has 0 radical (unpaired) electrons. The first-order valence-electron chi connectivity index (χ1n) is 9.29. The number of nitro benzene ring substituents is 1. The van der Waals surface area contributed by atoms with Gasteiger partial charge in [0.1, 0.15) is 0 Å². The van der Waals surface area contributed by atoms with Crippen LogP contribution in [0.3, 0.4) is 0 Å². The second-order valence-corrected chi connectivity index (χ2v) is 8.71. The minimum atomic E-state index is -0.435. The van der Waals surface area contributed by atoms with Crippen LogP contribution in [-0.2, 0) is 0 Å². The molecule has 3 heterocycles. The summed E-state index contributed by atoms with van der Waals surface area (Å²) in [6.07, 6.45) is 1.41. The molecule has 11 heteroatoms. The van der Waals surface area contributed by atoms with E-state index in [9.17, 15) is 19.7 Å². The molecule has 4 aromatic rings. The highest BCUT2D eigenvalue weighted by Crippen LogP contribution is 2.31. The Balaban J connectivity index is 1.48. The van der Waals surface area contributed by atoms with Crippen LogP contribution in [0.4, 0.5) is 15.8 Å². The van der Waals surface area contributed by atoms with Gasteiger partial charge in [-0.1, -0.05) is 12.1 Å². The molecule has 2 amide bonds. The lowest BCUT2D eigenvalue weighted by Gasteiger charge is -2.01. The molecule has 0 aliphatic rings. The van der Waals surface area contributed by atoms with E-state index in [0.717, 1.165) is 11.3 Å². The van der Waals surface area contributed by atoms with Gasteiger partial charge >= 0.3 is 0 Å². The van der Waals surface area contributed by atoms with Gasteiger partial charge in [0.05, 0.1) is 26.8 Å². The third-order valence-electron chi connectivity index (χ3n) is 4.53. The smallest absolute Gasteiger partial charge is 0.291 e. The van der Waals surface area contributed by atoms with E-state index in [0.29, 0.717) is 37.4 Å². The number of carbonyl (C=O) groups is 2. The van der Waals surface area contributed by atoms with Crippen molar-refractivity contribution < 1.29 is 18.9 Å². The van der Waals surface area contributed by atoms with Gasteiger partial charge in [-0.05, 0) is 37.6 Å². The zero-order chi connectivity index (χ0) is 22.8. The zero-order valence-corrected chi connectivity index (χ0v) is 18.5. The van der Waals surface area contributed by atoms with Crippen LogP contribution in [0.15, 0.2) is 52.5 Å². The normalized spacial score (nSPS) is 10.7. The summed E-state index contributed by atoms with van der Waals surface area (Å²) >= 11 is 2.36. The summed E-state index contributed by atoms with van der Waals surface area (Å²) < 4.78 is 5.07. The minimum Gasteiger partial charge on any atom is -0.459 e. The first-order chi connectivity index (χ1) is 15.3. The molecular formula is C21H16N4O5S2. The molecule has 1 aromatic carbocycles. The Morgan fingerprint density at radius 1 is 1.09 bits per heavy atom. The maximum Gasteiger partial charge on any atom is 0.291 e. The van der Waals surface area contributed by atoms with E-state index in [1.165, 1.54) is 23.7 Å². The largest absolute Gasteiger partial charge is 0.459 e. The van der Waals surface area contributed by atoms with Crippen molar-refractivity contribution in [3.63, 3.8) is 0 Å². The maximum atomic E-state index is 12.7. The van der Waals surface area contributed by atoms with E-state index in [-0.39, 0.29) is 17.4 Å². The molecular weight excluding hydrogens is 452 g/mol. The van der Waals surface area contributed by atoms with Crippen LogP contribution in [0.1, 0.15) is 31.4 Å². The Morgan fingerprint density at radius 2 is 1.91 bits per heavy atom. The van der Waals surface area contributed by atoms with Crippen molar-refractivity contribution in [2.75, 3.05) is 10.6 Å². The number of rotatable bonds is 6. The number of amides is 2. The number of benzene rings is 1. The average molecular weight is 469 g/mol. The second kappa shape index (κ2) is 8.73. The Morgan fingerprint density at radius 3 is 2.62 bits per heavy atom. The highest BCUT2D eigenvalue weighted by atomic mass is 32.1. The molecule has 162 valence electrons. The molecule has 0 saturated heterocycles. The minimum absolute atomic E-state index is 0.0134. The lowest BCUT2D eigenvalue weighted by Crippen LogP contribution is -2.11. The lowest BCUT2D eigenvalue weighted by molar-refractivity contribution is -0.385. The summed E-state index contributed by atoms with van der Waals surface area (Å²) in [5, 5.41) is 19.2. The van der Waals surface area contributed by atoms with Crippen molar-refractivity contribution >= 4 is 50.3 Å².